The maximum atomic E-state index is 13.2. The molecule has 3 rings (SSSR count). The monoisotopic (exact) mass is 332 g/mol. The molecular weight excluding hydrogens is 315 g/mol. The number of amides is 2. The average Bonchev–Trinajstić information content (AvgIpc) is 3.08. The number of carbonyl (C=O) groups is 2. The molecule has 0 spiro atoms. The Labute approximate surface area is 137 Å². The SMILES string of the molecule is O=C(Nc1cccc(F)c1)[C@@H]1CCCCN1C(=O)c1cccs1. The van der Waals surface area contributed by atoms with Crippen LogP contribution in [0.5, 0.6) is 0 Å². The van der Waals surface area contributed by atoms with Crippen LogP contribution in [0.15, 0.2) is 41.8 Å². The smallest absolute Gasteiger partial charge is 0.264 e. The van der Waals surface area contributed by atoms with E-state index in [9.17, 15) is 14.0 Å². The highest BCUT2D eigenvalue weighted by Crippen LogP contribution is 2.23. The molecule has 120 valence electrons. The number of hydrogen-bond acceptors (Lipinski definition) is 3. The van der Waals surface area contributed by atoms with Gasteiger partial charge in [-0.2, -0.15) is 0 Å². The number of nitrogens with one attached hydrogen (secondary N) is 1. The second kappa shape index (κ2) is 6.91. The lowest BCUT2D eigenvalue weighted by molar-refractivity contribution is -0.121. The highest BCUT2D eigenvalue weighted by atomic mass is 32.1. The molecule has 1 aliphatic heterocycles. The second-order valence-corrected chi connectivity index (χ2v) is 6.43. The molecule has 2 aromatic rings. The molecule has 4 nitrogen and oxygen atoms in total. The fourth-order valence-corrected chi connectivity index (χ4v) is 3.46. The van der Waals surface area contributed by atoms with Gasteiger partial charge in [0.25, 0.3) is 5.91 Å². The highest BCUT2D eigenvalue weighted by Gasteiger charge is 2.33. The van der Waals surface area contributed by atoms with Crippen LogP contribution >= 0.6 is 11.3 Å². The van der Waals surface area contributed by atoms with E-state index in [0.717, 1.165) is 12.8 Å². The van der Waals surface area contributed by atoms with Crippen molar-refractivity contribution in [3.8, 4) is 0 Å². The molecule has 0 unspecified atom stereocenters. The van der Waals surface area contributed by atoms with Gasteiger partial charge in [-0.25, -0.2) is 4.39 Å². The van der Waals surface area contributed by atoms with Crippen molar-refractivity contribution in [2.75, 3.05) is 11.9 Å². The summed E-state index contributed by atoms with van der Waals surface area (Å²) in [5.41, 5.74) is 0.407. The summed E-state index contributed by atoms with van der Waals surface area (Å²) in [6.07, 6.45) is 2.41. The standard InChI is InChI=1S/C17H17FN2O2S/c18-12-5-3-6-13(11-12)19-16(21)14-7-1-2-9-20(14)17(22)15-8-4-10-23-15/h3-6,8,10-11,14H,1-2,7,9H2,(H,19,21)/t14-/m0/s1. The van der Waals surface area contributed by atoms with E-state index in [0.29, 0.717) is 23.5 Å². The van der Waals surface area contributed by atoms with Crippen LogP contribution in [0, 0.1) is 5.82 Å². The van der Waals surface area contributed by atoms with Crippen molar-refractivity contribution in [2.45, 2.75) is 25.3 Å². The van der Waals surface area contributed by atoms with E-state index >= 15 is 0 Å². The molecule has 1 aliphatic rings. The zero-order chi connectivity index (χ0) is 16.2. The Balaban J connectivity index is 1.75. The minimum Gasteiger partial charge on any atom is -0.326 e. The van der Waals surface area contributed by atoms with Gasteiger partial charge in [-0.05, 0) is 48.9 Å². The van der Waals surface area contributed by atoms with Crippen LogP contribution in [0.4, 0.5) is 10.1 Å². The van der Waals surface area contributed by atoms with E-state index in [1.165, 1.54) is 23.5 Å². The van der Waals surface area contributed by atoms with Gasteiger partial charge in [-0.3, -0.25) is 9.59 Å². The molecule has 1 saturated heterocycles. The summed E-state index contributed by atoms with van der Waals surface area (Å²) < 4.78 is 13.2. The lowest BCUT2D eigenvalue weighted by atomic mass is 10.0. The lowest BCUT2D eigenvalue weighted by Gasteiger charge is -2.34. The summed E-state index contributed by atoms with van der Waals surface area (Å²) in [7, 11) is 0. The van der Waals surface area contributed by atoms with Crippen LogP contribution < -0.4 is 5.32 Å². The minimum atomic E-state index is -0.512. The molecule has 1 N–H and O–H groups in total. The first-order chi connectivity index (χ1) is 11.1. The van der Waals surface area contributed by atoms with E-state index in [2.05, 4.69) is 5.32 Å². The van der Waals surface area contributed by atoms with E-state index in [-0.39, 0.29) is 11.8 Å². The average molecular weight is 332 g/mol. The van der Waals surface area contributed by atoms with Gasteiger partial charge in [-0.1, -0.05) is 12.1 Å². The van der Waals surface area contributed by atoms with Crippen molar-refractivity contribution < 1.29 is 14.0 Å². The minimum absolute atomic E-state index is 0.112. The van der Waals surface area contributed by atoms with Crippen molar-refractivity contribution in [1.29, 1.82) is 0 Å². The van der Waals surface area contributed by atoms with Crippen LogP contribution in [0.2, 0.25) is 0 Å². The van der Waals surface area contributed by atoms with Crippen LogP contribution in [0.3, 0.4) is 0 Å². The van der Waals surface area contributed by atoms with Crippen LogP contribution in [0.25, 0.3) is 0 Å². The molecule has 1 aromatic heterocycles. The van der Waals surface area contributed by atoms with E-state index in [4.69, 9.17) is 0 Å². The number of likely N-dealkylation sites (tertiary alicyclic amines) is 1. The summed E-state index contributed by atoms with van der Waals surface area (Å²) >= 11 is 1.37. The van der Waals surface area contributed by atoms with E-state index in [1.54, 1.807) is 23.1 Å². The topological polar surface area (TPSA) is 49.4 Å². The van der Waals surface area contributed by atoms with Crippen LogP contribution in [-0.4, -0.2) is 29.3 Å². The number of hydrogen-bond donors (Lipinski definition) is 1. The maximum Gasteiger partial charge on any atom is 0.264 e. The van der Waals surface area contributed by atoms with E-state index in [1.807, 2.05) is 11.4 Å². The van der Waals surface area contributed by atoms with Crippen molar-refractivity contribution in [3.63, 3.8) is 0 Å². The molecule has 2 amide bonds. The van der Waals surface area contributed by atoms with Gasteiger partial charge in [0.2, 0.25) is 5.91 Å². The third kappa shape index (κ3) is 3.59. The summed E-state index contributed by atoms with van der Waals surface area (Å²) in [6.45, 7) is 0.567. The molecule has 0 saturated carbocycles. The van der Waals surface area contributed by atoms with Crippen LogP contribution in [0.1, 0.15) is 28.9 Å². The number of anilines is 1. The quantitative estimate of drug-likeness (QED) is 0.935. The molecule has 0 radical (unpaired) electrons. The third-order valence-corrected chi connectivity index (χ3v) is 4.75. The molecule has 0 aliphatic carbocycles. The predicted octanol–water partition coefficient (Wildman–Crippen LogP) is 3.52. The molecule has 0 bridgehead atoms. The van der Waals surface area contributed by atoms with Crippen molar-refractivity contribution in [1.82, 2.24) is 4.90 Å². The Morgan fingerprint density at radius 3 is 2.83 bits per heavy atom. The third-order valence-electron chi connectivity index (χ3n) is 3.89. The Kier molecular flexibility index (Phi) is 4.71. The first kappa shape index (κ1) is 15.7. The molecule has 1 fully saturated rings. The number of piperidine rings is 1. The van der Waals surface area contributed by atoms with Crippen molar-refractivity contribution in [3.05, 3.63) is 52.5 Å². The first-order valence-corrected chi connectivity index (χ1v) is 8.44. The van der Waals surface area contributed by atoms with Gasteiger partial charge in [0, 0.05) is 12.2 Å². The van der Waals surface area contributed by atoms with E-state index < -0.39 is 11.9 Å². The molecule has 23 heavy (non-hydrogen) atoms. The van der Waals surface area contributed by atoms with Gasteiger partial charge < -0.3 is 10.2 Å². The van der Waals surface area contributed by atoms with Gasteiger partial charge in [0.05, 0.1) is 4.88 Å². The zero-order valence-corrected chi connectivity index (χ0v) is 13.3. The summed E-state index contributed by atoms with van der Waals surface area (Å²) in [4.78, 5) is 27.4. The fourth-order valence-electron chi connectivity index (χ4n) is 2.78. The summed E-state index contributed by atoms with van der Waals surface area (Å²) in [6, 6.07) is 8.85. The number of nitrogens with zero attached hydrogens (tertiary/aromatic N) is 1. The van der Waals surface area contributed by atoms with Gasteiger partial charge in [0.1, 0.15) is 11.9 Å². The first-order valence-electron chi connectivity index (χ1n) is 7.56. The van der Waals surface area contributed by atoms with Crippen molar-refractivity contribution >= 4 is 28.8 Å². The fraction of sp³-hybridized carbons (Fsp3) is 0.294. The number of thiophene rings is 1. The largest absolute Gasteiger partial charge is 0.326 e. The number of halogens is 1. The molecule has 6 heteroatoms. The number of carbonyl (C=O) groups excluding carboxylic acids is 2. The Morgan fingerprint density at radius 1 is 1.22 bits per heavy atom. The Morgan fingerprint density at radius 2 is 2.09 bits per heavy atom. The molecule has 1 atom stereocenters. The Bertz CT molecular complexity index is 702. The summed E-state index contributed by atoms with van der Waals surface area (Å²) in [5, 5.41) is 4.56. The normalized spacial score (nSPS) is 17.8. The maximum absolute atomic E-state index is 13.2. The number of rotatable bonds is 3. The number of benzene rings is 1. The van der Waals surface area contributed by atoms with Gasteiger partial charge in [-0.15, -0.1) is 11.3 Å². The van der Waals surface area contributed by atoms with Gasteiger partial charge in [0.15, 0.2) is 0 Å². The molecule has 1 aromatic carbocycles. The second-order valence-electron chi connectivity index (χ2n) is 5.49. The molecule has 2 heterocycles. The Hall–Kier alpha value is -2.21. The molecular formula is C17H17FN2O2S. The highest BCUT2D eigenvalue weighted by molar-refractivity contribution is 7.12. The summed E-state index contributed by atoms with van der Waals surface area (Å²) in [5.74, 6) is -0.780. The van der Waals surface area contributed by atoms with Crippen molar-refractivity contribution in [2.24, 2.45) is 0 Å². The zero-order valence-electron chi connectivity index (χ0n) is 12.5. The lowest BCUT2D eigenvalue weighted by Crippen LogP contribution is -2.49. The predicted molar refractivity (Wildman–Crippen MR) is 88.0 cm³/mol. The van der Waals surface area contributed by atoms with Gasteiger partial charge >= 0.3 is 0 Å². The van der Waals surface area contributed by atoms with Crippen LogP contribution in [-0.2, 0) is 4.79 Å².